The second-order valence-corrected chi connectivity index (χ2v) is 6.08. The van der Waals surface area contributed by atoms with Crippen molar-refractivity contribution in [1.82, 2.24) is 14.9 Å². The lowest BCUT2D eigenvalue weighted by Crippen LogP contribution is -2.39. The third kappa shape index (κ3) is 6.40. The first-order valence-electron chi connectivity index (χ1n) is 7.94. The second-order valence-electron chi connectivity index (χ2n) is 5.27. The topological polar surface area (TPSA) is 76.6 Å². The number of rotatable bonds is 8. The number of carbonyl (C=O) groups excluding carboxylic acids is 1. The maximum Gasteiger partial charge on any atom is 0.357 e. The molecule has 0 radical (unpaired) electrons. The van der Waals surface area contributed by atoms with E-state index in [2.05, 4.69) is 36.1 Å². The zero-order valence-electron chi connectivity index (χ0n) is 13.4. The van der Waals surface area contributed by atoms with Crippen LogP contribution in [0.25, 0.3) is 0 Å². The molecule has 0 aromatic carbocycles. The van der Waals surface area contributed by atoms with Crippen LogP contribution in [0, 0.1) is 0 Å². The van der Waals surface area contributed by atoms with E-state index < -0.39 is 5.97 Å². The van der Waals surface area contributed by atoms with Crippen molar-refractivity contribution in [2.24, 2.45) is 0 Å². The third-order valence-electron chi connectivity index (χ3n) is 3.45. The Labute approximate surface area is 144 Å². The quantitative estimate of drug-likeness (QED) is 0.415. The van der Waals surface area contributed by atoms with E-state index in [0.717, 1.165) is 45.7 Å². The zero-order valence-corrected chi connectivity index (χ0v) is 15.0. The van der Waals surface area contributed by atoms with Crippen molar-refractivity contribution in [2.45, 2.75) is 19.8 Å². The van der Waals surface area contributed by atoms with Crippen LogP contribution in [-0.2, 0) is 9.47 Å². The highest BCUT2D eigenvalue weighted by molar-refractivity contribution is 9.10. The number of nitrogens with zero attached hydrogens (tertiary/aromatic N) is 3. The van der Waals surface area contributed by atoms with Gasteiger partial charge in [-0.15, -0.1) is 0 Å². The van der Waals surface area contributed by atoms with E-state index in [1.807, 2.05) is 6.92 Å². The number of hydrogen-bond acceptors (Lipinski definition) is 7. The number of carbonyl (C=O) groups is 1. The normalized spacial score (nSPS) is 15.4. The Balaban J connectivity index is 1.84. The lowest BCUT2D eigenvalue weighted by atomic mass is 10.3. The predicted molar refractivity (Wildman–Crippen MR) is 90.7 cm³/mol. The molecule has 0 amide bonds. The van der Waals surface area contributed by atoms with E-state index >= 15 is 0 Å². The summed E-state index contributed by atoms with van der Waals surface area (Å²) in [6.45, 7) is 7.49. The number of anilines is 1. The molecular formula is C15H23BrN4O3. The highest BCUT2D eigenvalue weighted by atomic mass is 79.9. The summed E-state index contributed by atoms with van der Waals surface area (Å²) in [6.07, 6.45) is 1.83. The Morgan fingerprint density at radius 3 is 2.96 bits per heavy atom. The fourth-order valence-electron chi connectivity index (χ4n) is 2.13. The maximum absolute atomic E-state index is 12.0. The summed E-state index contributed by atoms with van der Waals surface area (Å²) in [4.78, 5) is 22.7. The molecule has 23 heavy (non-hydrogen) atoms. The van der Waals surface area contributed by atoms with Crippen molar-refractivity contribution in [1.29, 1.82) is 0 Å². The van der Waals surface area contributed by atoms with Gasteiger partial charge < -0.3 is 14.8 Å². The first-order chi connectivity index (χ1) is 11.2. The maximum atomic E-state index is 12.0. The Morgan fingerprint density at radius 1 is 1.43 bits per heavy atom. The number of ether oxygens (including phenoxy) is 2. The van der Waals surface area contributed by atoms with Crippen LogP contribution in [0.2, 0.25) is 0 Å². The molecule has 1 aromatic heterocycles. The molecule has 1 aliphatic heterocycles. The minimum atomic E-state index is -0.419. The van der Waals surface area contributed by atoms with Gasteiger partial charge in [0, 0.05) is 32.2 Å². The average molecular weight is 387 g/mol. The number of hydrogen-bond donors (Lipinski definition) is 1. The molecule has 1 fully saturated rings. The minimum Gasteiger partial charge on any atom is -0.461 e. The predicted octanol–water partition coefficient (Wildman–Crippen LogP) is 1.94. The molecule has 1 aliphatic rings. The number of nitrogens with one attached hydrogen (secondary N) is 1. The number of halogens is 1. The molecule has 0 atom stereocenters. The van der Waals surface area contributed by atoms with Crippen molar-refractivity contribution in [3.8, 4) is 0 Å². The summed E-state index contributed by atoms with van der Waals surface area (Å²) in [5.74, 6) is 0.00727. The Morgan fingerprint density at radius 2 is 2.22 bits per heavy atom. The smallest absolute Gasteiger partial charge is 0.357 e. The summed E-state index contributed by atoms with van der Waals surface area (Å²) >= 11 is 3.31. The van der Waals surface area contributed by atoms with Crippen molar-refractivity contribution in [2.75, 3.05) is 51.3 Å². The highest BCUT2D eigenvalue weighted by Crippen LogP contribution is 2.12. The molecule has 2 heterocycles. The molecule has 1 aromatic rings. The molecule has 0 saturated carbocycles. The Kier molecular flexibility index (Phi) is 7.70. The van der Waals surface area contributed by atoms with Crippen LogP contribution in [0.3, 0.4) is 0 Å². The first kappa shape index (κ1) is 18.1. The molecule has 1 N–H and O–H groups in total. The van der Waals surface area contributed by atoms with Crippen LogP contribution < -0.4 is 5.32 Å². The highest BCUT2D eigenvalue weighted by Gasteiger charge is 2.13. The third-order valence-corrected chi connectivity index (χ3v) is 3.86. The number of aromatic nitrogens is 2. The van der Waals surface area contributed by atoms with Crippen LogP contribution in [0.1, 0.15) is 30.3 Å². The van der Waals surface area contributed by atoms with Crippen LogP contribution >= 0.6 is 15.9 Å². The molecule has 2 rings (SSSR count). The van der Waals surface area contributed by atoms with E-state index in [9.17, 15) is 4.79 Å². The van der Waals surface area contributed by atoms with E-state index in [-0.39, 0.29) is 5.69 Å². The zero-order chi connectivity index (χ0) is 16.5. The number of unbranched alkanes of at least 4 members (excludes halogenated alkanes) is 1. The summed E-state index contributed by atoms with van der Waals surface area (Å²) in [7, 11) is 0. The van der Waals surface area contributed by atoms with Gasteiger partial charge in [-0.25, -0.2) is 14.8 Å². The van der Waals surface area contributed by atoms with E-state index in [0.29, 0.717) is 23.7 Å². The van der Waals surface area contributed by atoms with Gasteiger partial charge in [-0.05, 0) is 22.4 Å². The van der Waals surface area contributed by atoms with E-state index in [1.165, 1.54) is 0 Å². The Hall–Kier alpha value is -1.25. The molecule has 0 aliphatic carbocycles. The number of esters is 1. The molecule has 7 nitrogen and oxygen atoms in total. The summed E-state index contributed by atoms with van der Waals surface area (Å²) in [5.41, 5.74) is 0.261. The van der Waals surface area contributed by atoms with Gasteiger partial charge in [-0.3, -0.25) is 4.90 Å². The second kappa shape index (κ2) is 9.79. The SMILES string of the molecule is CCCCOC(=O)c1cc(Br)nc(NCCN2CCOCC2)n1. The van der Waals surface area contributed by atoms with E-state index in [1.54, 1.807) is 6.07 Å². The molecular weight excluding hydrogens is 364 g/mol. The Bertz CT molecular complexity index is 509. The van der Waals surface area contributed by atoms with Crippen LogP contribution in [0.5, 0.6) is 0 Å². The molecule has 0 unspecified atom stereocenters. The monoisotopic (exact) mass is 386 g/mol. The van der Waals surface area contributed by atoms with Gasteiger partial charge >= 0.3 is 5.97 Å². The van der Waals surface area contributed by atoms with Gasteiger partial charge in [0.05, 0.1) is 19.8 Å². The lowest BCUT2D eigenvalue weighted by Gasteiger charge is -2.26. The molecule has 0 spiro atoms. The molecule has 8 heteroatoms. The van der Waals surface area contributed by atoms with Crippen molar-refractivity contribution >= 4 is 27.8 Å². The van der Waals surface area contributed by atoms with Crippen LogP contribution in [0.4, 0.5) is 5.95 Å². The largest absolute Gasteiger partial charge is 0.461 e. The number of morpholine rings is 1. The van der Waals surface area contributed by atoms with Gasteiger partial charge in [-0.1, -0.05) is 13.3 Å². The van der Waals surface area contributed by atoms with Gasteiger partial charge in [0.15, 0.2) is 5.69 Å². The standard InChI is InChI=1S/C15H23BrN4O3/c1-2-3-8-23-14(21)12-11-13(16)19-15(18-12)17-4-5-20-6-9-22-10-7-20/h11H,2-10H2,1H3,(H,17,18,19). The average Bonchev–Trinajstić information content (AvgIpc) is 2.55. The van der Waals surface area contributed by atoms with E-state index in [4.69, 9.17) is 9.47 Å². The fourth-order valence-corrected chi connectivity index (χ4v) is 2.52. The fraction of sp³-hybridized carbons (Fsp3) is 0.667. The van der Waals surface area contributed by atoms with Crippen molar-refractivity contribution in [3.63, 3.8) is 0 Å². The first-order valence-corrected chi connectivity index (χ1v) is 8.74. The van der Waals surface area contributed by atoms with Crippen LogP contribution in [0.15, 0.2) is 10.7 Å². The summed E-state index contributed by atoms with van der Waals surface area (Å²) in [5, 5.41) is 3.15. The molecule has 128 valence electrons. The minimum absolute atomic E-state index is 0.261. The summed E-state index contributed by atoms with van der Waals surface area (Å²) < 4.78 is 11.1. The van der Waals surface area contributed by atoms with Gasteiger partial charge in [0.2, 0.25) is 5.95 Å². The van der Waals surface area contributed by atoms with Crippen molar-refractivity contribution in [3.05, 3.63) is 16.4 Å². The van der Waals surface area contributed by atoms with Crippen LogP contribution in [-0.4, -0.2) is 66.8 Å². The molecule has 0 bridgehead atoms. The molecule has 1 saturated heterocycles. The van der Waals surface area contributed by atoms with Gasteiger partial charge in [-0.2, -0.15) is 0 Å². The lowest BCUT2D eigenvalue weighted by molar-refractivity contribution is 0.0398. The van der Waals surface area contributed by atoms with Gasteiger partial charge in [0.1, 0.15) is 4.60 Å². The van der Waals surface area contributed by atoms with Gasteiger partial charge in [0.25, 0.3) is 0 Å². The summed E-state index contributed by atoms with van der Waals surface area (Å²) in [6, 6.07) is 1.57. The van der Waals surface area contributed by atoms with Crippen molar-refractivity contribution < 1.29 is 14.3 Å².